The topological polar surface area (TPSA) is 69.9 Å². The SMILES string of the molecule is CCc1nc2ccc(N3CC4C[C@H]3CN4C(C)=O)nn2c1N(C)c1nc(-c2ccc(F)cc2)cs1. The summed E-state index contributed by atoms with van der Waals surface area (Å²) in [6.07, 6.45) is 1.75. The molecule has 2 saturated heterocycles. The molecule has 35 heavy (non-hydrogen) atoms. The Labute approximate surface area is 206 Å². The molecule has 4 aromatic rings. The first-order chi connectivity index (χ1) is 16.9. The molecule has 2 aliphatic heterocycles. The Morgan fingerprint density at radius 1 is 1.14 bits per heavy atom. The number of halogens is 1. The molecule has 2 fully saturated rings. The lowest BCUT2D eigenvalue weighted by Crippen LogP contribution is -2.48. The van der Waals surface area contributed by atoms with Gasteiger partial charge in [-0.25, -0.2) is 14.4 Å². The molecule has 1 amide bonds. The third-order valence-electron chi connectivity index (χ3n) is 7.02. The number of thiazole rings is 1. The number of fused-ring (bicyclic) bond motifs is 3. The fraction of sp³-hybridized carbons (Fsp3) is 0.360. The van der Waals surface area contributed by atoms with Gasteiger partial charge in [-0.15, -0.1) is 16.4 Å². The number of likely N-dealkylation sites (tertiary alicyclic amines) is 1. The van der Waals surface area contributed by atoms with Crippen molar-refractivity contribution < 1.29 is 9.18 Å². The van der Waals surface area contributed by atoms with Crippen molar-refractivity contribution in [2.24, 2.45) is 0 Å². The number of imidazole rings is 1. The van der Waals surface area contributed by atoms with Crippen LogP contribution in [-0.4, -0.2) is 62.6 Å². The number of hydrogen-bond acceptors (Lipinski definition) is 7. The van der Waals surface area contributed by atoms with Crippen LogP contribution in [0.15, 0.2) is 41.8 Å². The number of hydrogen-bond donors (Lipinski definition) is 0. The van der Waals surface area contributed by atoms with Crippen molar-refractivity contribution in [2.75, 3.05) is 29.9 Å². The molecule has 1 unspecified atom stereocenters. The van der Waals surface area contributed by atoms with Crippen LogP contribution >= 0.6 is 11.3 Å². The molecule has 0 spiro atoms. The molecule has 0 radical (unpaired) electrons. The first kappa shape index (κ1) is 22.0. The molecule has 3 aromatic heterocycles. The van der Waals surface area contributed by atoms with E-state index in [2.05, 4.69) is 11.8 Å². The highest BCUT2D eigenvalue weighted by molar-refractivity contribution is 7.14. The van der Waals surface area contributed by atoms with Crippen LogP contribution < -0.4 is 9.80 Å². The number of rotatable bonds is 5. The van der Waals surface area contributed by atoms with Crippen LogP contribution in [0, 0.1) is 5.82 Å². The smallest absolute Gasteiger partial charge is 0.219 e. The standard InChI is InChI=1S/C25H26FN7OS/c1-4-20-24(30(3)25-28-21(14-35-25)16-5-7-17(26)8-6-16)33-22(27-20)9-10-23(29-33)32-13-18-11-19(32)12-31(18)15(2)34/h5-10,14,18-19H,4,11-13H2,1-3H3/t18?,19-/m0/s1. The van der Waals surface area contributed by atoms with Crippen molar-refractivity contribution >= 4 is 39.7 Å². The van der Waals surface area contributed by atoms with Crippen molar-refractivity contribution in [1.82, 2.24) is 24.5 Å². The zero-order valence-electron chi connectivity index (χ0n) is 19.8. The average molecular weight is 492 g/mol. The van der Waals surface area contributed by atoms with Crippen molar-refractivity contribution in [3.05, 3.63) is 53.3 Å². The molecule has 0 aliphatic carbocycles. The predicted octanol–water partition coefficient (Wildman–Crippen LogP) is 4.13. The Bertz CT molecular complexity index is 1420. The van der Waals surface area contributed by atoms with Gasteiger partial charge in [0.2, 0.25) is 5.91 Å². The van der Waals surface area contributed by atoms with Crippen molar-refractivity contribution in [3.8, 4) is 11.3 Å². The van der Waals surface area contributed by atoms with Crippen LogP contribution in [0.2, 0.25) is 0 Å². The minimum absolute atomic E-state index is 0.148. The van der Waals surface area contributed by atoms with E-state index in [9.17, 15) is 9.18 Å². The summed E-state index contributed by atoms with van der Waals surface area (Å²) < 4.78 is 15.2. The average Bonchev–Trinajstić information content (AvgIpc) is 3.65. The summed E-state index contributed by atoms with van der Waals surface area (Å²) in [6, 6.07) is 11.0. The maximum Gasteiger partial charge on any atom is 0.219 e. The molecule has 0 saturated carbocycles. The van der Waals surface area contributed by atoms with E-state index in [0.29, 0.717) is 6.04 Å². The van der Waals surface area contributed by atoms with Gasteiger partial charge in [-0.2, -0.15) is 4.52 Å². The van der Waals surface area contributed by atoms with Gasteiger partial charge in [0.05, 0.1) is 23.5 Å². The number of carbonyl (C=O) groups is 1. The van der Waals surface area contributed by atoms with Crippen LogP contribution in [0.3, 0.4) is 0 Å². The molecular weight excluding hydrogens is 465 g/mol. The second-order valence-corrected chi connectivity index (χ2v) is 9.98. The van der Waals surface area contributed by atoms with Gasteiger partial charge in [-0.1, -0.05) is 6.92 Å². The van der Waals surface area contributed by atoms with E-state index in [0.717, 1.165) is 65.3 Å². The minimum Gasteiger partial charge on any atom is -0.348 e. The van der Waals surface area contributed by atoms with E-state index >= 15 is 0 Å². The minimum atomic E-state index is -0.262. The van der Waals surface area contributed by atoms with Crippen LogP contribution in [0.1, 0.15) is 26.0 Å². The molecule has 6 rings (SSSR count). The summed E-state index contributed by atoms with van der Waals surface area (Å²) in [5.74, 6) is 1.67. The number of carbonyl (C=O) groups excluding carboxylic acids is 1. The lowest BCUT2D eigenvalue weighted by molar-refractivity contribution is -0.129. The third kappa shape index (κ3) is 3.63. The quantitative estimate of drug-likeness (QED) is 0.418. The summed E-state index contributed by atoms with van der Waals surface area (Å²) in [5.41, 5.74) is 3.42. The monoisotopic (exact) mass is 491 g/mol. The number of amides is 1. The van der Waals surface area contributed by atoms with Crippen molar-refractivity contribution in [2.45, 2.75) is 38.8 Å². The molecule has 1 aromatic carbocycles. The van der Waals surface area contributed by atoms with Crippen LogP contribution in [0.5, 0.6) is 0 Å². The van der Waals surface area contributed by atoms with Gasteiger partial charge in [-0.05, 0) is 49.2 Å². The Morgan fingerprint density at radius 2 is 1.94 bits per heavy atom. The van der Waals surface area contributed by atoms with E-state index < -0.39 is 0 Å². The fourth-order valence-corrected chi connectivity index (χ4v) is 6.08. The maximum absolute atomic E-state index is 13.3. The molecule has 2 atom stereocenters. The highest BCUT2D eigenvalue weighted by atomic mass is 32.1. The summed E-state index contributed by atoms with van der Waals surface area (Å²) in [7, 11) is 1.98. The zero-order valence-corrected chi connectivity index (χ0v) is 20.7. The molecule has 2 aliphatic rings. The Kier molecular flexibility index (Phi) is 5.21. The van der Waals surface area contributed by atoms with Gasteiger partial charge >= 0.3 is 0 Å². The normalized spacial score (nSPS) is 19.2. The molecule has 8 nitrogen and oxygen atoms in total. The van der Waals surface area contributed by atoms with E-state index in [1.807, 2.05) is 38.9 Å². The Balaban J connectivity index is 1.34. The second kappa shape index (κ2) is 8.30. The first-order valence-electron chi connectivity index (χ1n) is 11.8. The summed E-state index contributed by atoms with van der Waals surface area (Å²) in [6.45, 7) is 5.29. The number of piperazine rings is 1. The van der Waals surface area contributed by atoms with Gasteiger partial charge < -0.3 is 14.7 Å². The van der Waals surface area contributed by atoms with E-state index in [4.69, 9.17) is 15.1 Å². The number of aromatic nitrogens is 4. The number of anilines is 3. The van der Waals surface area contributed by atoms with E-state index in [-0.39, 0.29) is 17.8 Å². The zero-order chi connectivity index (χ0) is 24.3. The lowest BCUT2D eigenvalue weighted by Gasteiger charge is -2.34. The van der Waals surface area contributed by atoms with Crippen molar-refractivity contribution in [1.29, 1.82) is 0 Å². The summed E-state index contributed by atoms with van der Waals surface area (Å²) in [5, 5.41) is 7.80. The van der Waals surface area contributed by atoms with Gasteiger partial charge in [-0.3, -0.25) is 4.79 Å². The predicted molar refractivity (Wildman–Crippen MR) is 135 cm³/mol. The first-order valence-corrected chi connectivity index (χ1v) is 12.7. The highest BCUT2D eigenvalue weighted by Crippen LogP contribution is 2.36. The molecule has 5 heterocycles. The number of benzene rings is 1. The number of aryl methyl sites for hydroxylation is 1. The third-order valence-corrected chi connectivity index (χ3v) is 7.94. The molecule has 180 valence electrons. The van der Waals surface area contributed by atoms with Gasteiger partial charge in [0.15, 0.2) is 16.6 Å². The summed E-state index contributed by atoms with van der Waals surface area (Å²) in [4.78, 5) is 27.9. The second-order valence-electron chi connectivity index (χ2n) is 9.15. The van der Waals surface area contributed by atoms with Gasteiger partial charge in [0.25, 0.3) is 0 Å². The Hall–Kier alpha value is -3.53. The lowest BCUT2D eigenvalue weighted by atomic mass is 10.2. The van der Waals surface area contributed by atoms with Crippen molar-refractivity contribution in [3.63, 3.8) is 0 Å². The summed E-state index contributed by atoms with van der Waals surface area (Å²) >= 11 is 1.53. The molecular formula is C25H26FN7OS. The van der Waals surface area contributed by atoms with Gasteiger partial charge in [0.1, 0.15) is 11.6 Å². The van der Waals surface area contributed by atoms with E-state index in [1.54, 1.807) is 19.1 Å². The van der Waals surface area contributed by atoms with Crippen LogP contribution in [0.4, 0.5) is 21.2 Å². The van der Waals surface area contributed by atoms with Crippen LogP contribution in [-0.2, 0) is 11.2 Å². The van der Waals surface area contributed by atoms with E-state index in [1.165, 1.54) is 23.5 Å². The van der Waals surface area contributed by atoms with Crippen LogP contribution in [0.25, 0.3) is 16.9 Å². The Morgan fingerprint density at radius 3 is 2.63 bits per heavy atom. The maximum atomic E-state index is 13.3. The molecule has 2 bridgehead atoms. The van der Waals surface area contributed by atoms with Gasteiger partial charge in [0, 0.05) is 38.0 Å². The largest absolute Gasteiger partial charge is 0.348 e. The highest BCUT2D eigenvalue weighted by Gasteiger charge is 2.45. The molecule has 10 heteroatoms. The fourth-order valence-electron chi connectivity index (χ4n) is 5.28. The molecule has 0 N–H and O–H groups in total. The number of nitrogens with zero attached hydrogens (tertiary/aromatic N) is 7.